The summed E-state index contributed by atoms with van der Waals surface area (Å²) in [5, 5.41) is 1.34. The molecule has 3 rings (SSSR count). The molecule has 2 aromatic carbocycles. The van der Waals surface area contributed by atoms with Gasteiger partial charge in [0.2, 0.25) is 0 Å². The van der Waals surface area contributed by atoms with Gasteiger partial charge in [0, 0.05) is 16.2 Å². The van der Waals surface area contributed by atoms with E-state index in [1.165, 1.54) is 16.9 Å². The van der Waals surface area contributed by atoms with E-state index in [2.05, 4.69) is 0 Å². The van der Waals surface area contributed by atoms with Gasteiger partial charge in [-0.05, 0) is 42.8 Å². The van der Waals surface area contributed by atoms with Gasteiger partial charge in [0.05, 0.1) is 23.9 Å². The van der Waals surface area contributed by atoms with Crippen LogP contribution in [0.3, 0.4) is 0 Å². The molecule has 0 fully saturated rings. The Balaban J connectivity index is 2.15. The van der Waals surface area contributed by atoms with Crippen LogP contribution in [-0.2, 0) is 11.3 Å². The van der Waals surface area contributed by atoms with Gasteiger partial charge >= 0.3 is 5.97 Å². The zero-order chi connectivity index (χ0) is 19.6. The minimum absolute atomic E-state index is 0.0724. The molecule has 8 heteroatoms. The third-order valence-electron chi connectivity index (χ3n) is 3.85. The van der Waals surface area contributed by atoms with E-state index in [0.717, 1.165) is 5.56 Å². The van der Waals surface area contributed by atoms with Crippen LogP contribution >= 0.6 is 34.8 Å². The van der Waals surface area contributed by atoms with E-state index >= 15 is 0 Å². The maximum absolute atomic E-state index is 12.9. The third-order valence-corrected chi connectivity index (χ3v) is 4.64. The molecule has 3 aromatic rings. The summed E-state index contributed by atoms with van der Waals surface area (Å²) in [4.78, 5) is 25.1. The van der Waals surface area contributed by atoms with Crippen LogP contribution in [0.4, 0.5) is 0 Å². The first kappa shape index (κ1) is 19.5. The fraction of sp³-hybridized carbons (Fsp3) is 0.158. The SMILES string of the molecule is CCOC(=O)c1cn(Cc2ccc(Cl)cc2)n(-c2ccc(Cl)cc2Cl)c1=O. The molecule has 0 amide bonds. The molecular weight excluding hydrogens is 411 g/mol. The predicted octanol–water partition coefficient (Wildman–Crippen LogP) is 4.82. The van der Waals surface area contributed by atoms with Crippen molar-refractivity contribution in [3.05, 3.63) is 85.2 Å². The molecule has 0 aliphatic rings. The Labute approximate surface area is 170 Å². The Morgan fingerprint density at radius 3 is 2.33 bits per heavy atom. The molecule has 0 aliphatic heterocycles. The van der Waals surface area contributed by atoms with Gasteiger partial charge in [-0.3, -0.25) is 9.48 Å². The average Bonchev–Trinajstić information content (AvgIpc) is 2.94. The first-order chi connectivity index (χ1) is 12.9. The normalized spacial score (nSPS) is 10.8. The number of ether oxygens (including phenoxy) is 1. The zero-order valence-corrected chi connectivity index (χ0v) is 16.6. The number of hydrogen-bond donors (Lipinski definition) is 0. The van der Waals surface area contributed by atoms with E-state index in [0.29, 0.717) is 22.3 Å². The van der Waals surface area contributed by atoms with Crippen molar-refractivity contribution in [3.63, 3.8) is 0 Å². The molecule has 0 aliphatic carbocycles. The molecule has 0 saturated carbocycles. The van der Waals surface area contributed by atoms with E-state index < -0.39 is 11.5 Å². The number of halogens is 3. The van der Waals surface area contributed by atoms with E-state index in [9.17, 15) is 9.59 Å². The lowest BCUT2D eigenvalue weighted by Crippen LogP contribution is -2.25. The van der Waals surface area contributed by atoms with E-state index in [1.807, 2.05) is 12.1 Å². The Hall–Kier alpha value is -2.21. The number of carbonyl (C=O) groups excluding carboxylic acids is 1. The average molecular weight is 426 g/mol. The molecule has 0 unspecified atom stereocenters. The lowest BCUT2D eigenvalue weighted by molar-refractivity contribution is 0.0524. The number of aromatic nitrogens is 2. The minimum atomic E-state index is -0.684. The highest BCUT2D eigenvalue weighted by molar-refractivity contribution is 6.35. The highest BCUT2D eigenvalue weighted by Gasteiger charge is 2.21. The second-order valence-electron chi connectivity index (χ2n) is 5.70. The minimum Gasteiger partial charge on any atom is -0.462 e. The third kappa shape index (κ3) is 4.21. The van der Waals surface area contributed by atoms with Crippen molar-refractivity contribution < 1.29 is 9.53 Å². The van der Waals surface area contributed by atoms with Gasteiger partial charge in [0.25, 0.3) is 5.56 Å². The first-order valence-electron chi connectivity index (χ1n) is 8.10. The van der Waals surface area contributed by atoms with Gasteiger partial charge in [-0.25, -0.2) is 9.48 Å². The summed E-state index contributed by atoms with van der Waals surface area (Å²) in [5.41, 5.74) is 0.711. The Kier molecular flexibility index (Phi) is 5.95. The standard InChI is InChI=1S/C19H15Cl3N2O3/c1-2-27-19(26)15-11-23(10-12-3-5-13(20)6-4-12)24(18(15)25)17-8-7-14(21)9-16(17)22/h3-9,11H,2,10H2,1H3. The Morgan fingerprint density at radius 2 is 1.70 bits per heavy atom. The number of esters is 1. The van der Waals surface area contributed by atoms with Gasteiger partial charge in [-0.15, -0.1) is 0 Å². The van der Waals surface area contributed by atoms with E-state index in [1.54, 1.807) is 35.9 Å². The van der Waals surface area contributed by atoms with Gasteiger partial charge in [0.15, 0.2) is 0 Å². The van der Waals surface area contributed by atoms with Gasteiger partial charge < -0.3 is 4.74 Å². The molecule has 1 aromatic heterocycles. The zero-order valence-electron chi connectivity index (χ0n) is 14.3. The molecule has 0 spiro atoms. The summed E-state index contributed by atoms with van der Waals surface area (Å²) in [6.45, 7) is 2.17. The first-order valence-corrected chi connectivity index (χ1v) is 9.23. The molecular formula is C19H15Cl3N2O3. The van der Waals surface area contributed by atoms with Crippen molar-refractivity contribution >= 4 is 40.8 Å². The molecule has 0 atom stereocenters. The van der Waals surface area contributed by atoms with Crippen LogP contribution in [0.5, 0.6) is 0 Å². The highest BCUT2D eigenvalue weighted by Crippen LogP contribution is 2.24. The molecule has 0 N–H and O–H groups in total. The van der Waals surface area contributed by atoms with Crippen LogP contribution in [0.15, 0.2) is 53.5 Å². The van der Waals surface area contributed by atoms with Crippen LogP contribution in [0, 0.1) is 0 Å². The van der Waals surface area contributed by atoms with E-state index in [-0.39, 0.29) is 17.2 Å². The van der Waals surface area contributed by atoms with Crippen molar-refractivity contribution in [1.82, 2.24) is 9.36 Å². The molecule has 0 radical (unpaired) electrons. The molecule has 27 heavy (non-hydrogen) atoms. The van der Waals surface area contributed by atoms with Crippen molar-refractivity contribution in [1.29, 1.82) is 0 Å². The van der Waals surface area contributed by atoms with Gasteiger partial charge in [-0.1, -0.05) is 46.9 Å². The van der Waals surface area contributed by atoms with E-state index in [4.69, 9.17) is 39.5 Å². The summed E-state index contributed by atoms with van der Waals surface area (Å²) in [5.74, 6) is -0.684. The van der Waals surface area contributed by atoms with Crippen molar-refractivity contribution in [2.24, 2.45) is 0 Å². The van der Waals surface area contributed by atoms with Crippen LogP contribution in [0.2, 0.25) is 15.1 Å². The maximum atomic E-state index is 12.9. The van der Waals surface area contributed by atoms with Crippen LogP contribution in [0.25, 0.3) is 5.69 Å². The molecule has 140 valence electrons. The summed E-state index contributed by atoms with van der Waals surface area (Å²) in [6, 6.07) is 12.0. The van der Waals surface area contributed by atoms with Gasteiger partial charge in [0.1, 0.15) is 5.56 Å². The Morgan fingerprint density at radius 1 is 1.04 bits per heavy atom. The lowest BCUT2D eigenvalue weighted by atomic mass is 10.2. The number of carbonyl (C=O) groups is 1. The summed E-state index contributed by atoms with van der Waals surface area (Å²) < 4.78 is 7.93. The number of benzene rings is 2. The largest absolute Gasteiger partial charge is 0.462 e. The summed E-state index contributed by atoms with van der Waals surface area (Å²) in [7, 11) is 0. The number of nitrogens with zero attached hydrogens (tertiary/aromatic N) is 2. The van der Waals surface area contributed by atoms with Crippen molar-refractivity contribution in [3.8, 4) is 5.69 Å². The Bertz CT molecular complexity index is 1040. The summed E-state index contributed by atoms with van der Waals surface area (Å²) in [6.07, 6.45) is 1.46. The number of hydrogen-bond acceptors (Lipinski definition) is 3. The van der Waals surface area contributed by atoms with Crippen molar-refractivity contribution in [2.45, 2.75) is 13.5 Å². The summed E-state index contributed by atoms with van der Waals surface area (Å²) >= 11 is 18.2. The van der Waals surface area contributed by atoms with Crippen molar-refractivity contribution in [2.75, 3.05) is 6.61 Å². The highest BCUT2D eigenvalue weighted by atomic mass is 35.5. The smallest absolute Gasteiger partial charge is 0.345 e. The van der Waals surface area contributed by atoms with Crippen LogP contribution < -0.4 is 5.56 Å². The van der Waals surface area contributed by atoms with Crippen LogP contribution in [0.1, 0.15) is 22.8 Å². The maximum Gasteiger partial charge on any atom is 0.345 e. The second-order valence-corrected chi connectivity index (χ2v) is 6.98. The lowest BCUT2D eigenvalue weighted by Gasteiger charge is -2.13. The molecule has 5 nitrogen and oxygen atoms in total. The number of rotatable bonds is 5. The quantitative estimate of drug-likeness (QED) is 0.551. The molecule has 1 heterocycles. The fourth-order valence-electron chi connectivity index (χ4n) is 2.64. The van der Waals surface area contributed by atoms with Crippen LogP contribution in [-0.4, -0.2) is 21.9 Å². The topological polar surface area (TPSA) is 53.2 Å². The fourth-order valence-corrected chi connectivity index (χ4v) is 3.25. The predicted molar refractivity (Wildman–Crippen MR) is 107 cm³/mol. The van der Waals surface area contributed by atoms with Gasteiger partial charge in [-0.2, -0.15) is 0 Å². The monoisotopic (exact) mass is 424 g/mol. The molecule has 0 saturated heterocycles. The second kappa shape index (κ2) is 8.21. The molecule has 0 bridgehead atoms.